The Hall–Kier alpha value is -3.29. The van der Waals surface area contributed by atoms with Crippen molar-refractivity contribution in [1.82, 2.24) is 0 Å². The van der Waals surface area contributed by atoms with Gasteiger partial charge in [-0.2, -0.15) is 0 Å². The fraction of sp³-hybridized carbons (Fsp3) is 0. The van der Waals surface area contributed by atoms with E-state index in [0.717, 1.165) is 5.30 Å². The van der Waals surface area contributed by atoms with Crippen molar-refractivity contribution in [1.29, 1.82) is 0 Å². The van der Waals surface area contributed by atoms with Crippen LogP contribution in [0.3, 0.4) is 0 Å². The number of nitrogens with zero attached hydrogens (tertiary/aromatic N) is 1. The minimum absolute atomic E-state index is 0.122. The van der Waals surface area contributed by atoms with Crippen LogP contribution in [-0.4, -0.2) is 4.92 Å². The second-order valence-corrected chi connectivity index (χ2v) is 10.5. The summed E-state index contributed by atoms with van der Waals surface area (Å²) in [7, 11) is -2.68. The summed E-state index contributed by atoms with van der Waals surface area (Å²) in [4.78, 5) is 11.2. The molecule has 4 heteroatoms. The molecule has 4 aromatic carbocycles. The normalized spacial score (nSPS) is 11.7. The van der Waals surface area contributed by atoms with Crippen LogP contribution in [0.25, 0.3) is 0 Å². The fourth-order valence-electron chi connectivity index (χ4n) is 3.92. The van der Waals surface area contributed by atoms with Gasteiger partial charge in [0.25, 0.3) is 0 Å². The van der Waals surface area contributed by atoms with Crippen molar-refractivity contribution in [3.8, 4) is 0 Å². The van der Waals surface area contributed by atoms with E-state index in [1.54, 1.807) is 18.2 Å². The molecule has 4 aromatic rings. The molecule has 0 saturated carbocycles. The monoisotopic (exact) mass is 385 g/mol. The van der Waals surface area contributed by atoms with Gasteiger partial charge >= 0.3 is 164 Å². The summed E-state index contributed by atoms with van der Waals surface area (Å²) in [6.07, 6.45) is 0. The second-order valence-electron chi connectivity index (χ2n) is 6.66. The molecule has 0 spiro atoms. The van der Waals surface area contributed by atoms with Crippen molar-refractivity contribution in [3.05, 3.63) is 125 Å². The van der Waals surface area contributed by atoms with E-state index < -0.39 is 7.26 Å². The molecule has 0 fully saturated rings. The molecule has 4 rings (SSSR count). The van der Waals surface area contributed by atoms with Gasteiger partial charge in [0, 0.05) is 0 Å². The van der Waals surface area contributed by atoms with Crippen LogP contribution in [0.4, 0.5) is 5.69 Å². The first kappa shape index (κ1) is 18.1. The number of hydrogen-bond acceptors (Lipinski definition) is 2. The molecule has 0 aliphatic rings. The Morgan fingerprint density at radius 3 is 1.32 bits per heavy atom. The summed E-state index contributed by atoms with van der Waals surface area (Å²) in [6.45, 7) is 0. The summed E-state index contributed by atoms with van der Waals surface area (Å²) in [5.41, 5.74) is 0.122. The zero-order valence-corrected chi connectivity index (χ0v) is 16.2. The molecule has 0 unspecified atom stereocenters. The van der Waals surface area contributed by atoms with Crippen LogP contribution in [0.1, 0.15) is 0 Å². The van der Waals surface area contributed by atoms with Gasteiger partial charge in [0.2, 0.25) is 0 Å². The zero-order valence-electron chi connectivity index (χ0n) is 15.2. The van der Waals surface area contributed by atoms with Crippen LogP contribution in [0.15, 0.2) is 115 Å². The van der Waals surface area contributed by atoms with E-state index in [4.69, 9.17) is 0 Å². The van der Waals surface area contributed by atoms with Gasteiger partial charge in [0.15, 0.2) is 0 Å². The molecule has 0 atom stereocenters. The van der Waals surface area contributed by atoms with Crippen molar-refractivity contribution in [2.45, 2.75) is 0 Å². The summed E-state index contributed by atoms with van der Waals surface area (Å²) in [6, 6.07) is 38.3. The van der Waals surface area contributed by atoms with E-state index in [1.807, 2.05) is 60.7 Å². The Kier molecular flexibility index (Phi) is 5.01. The number of nitro benzene ring substituents is 1. The van der Waals surface area contributed by atoms with Crippen molar-refractivity contribution in [3.63, 3.8) is 0 Å². The Balaban J connectivity index is 2.13. The number of benzene rings is 4. The number of hydrogen-bond donors (Lipinski definition) is 0. The van der Waals surface area contributed by atoms with Crippen molar-refractivity contribution in [2.24, 2.45) is 0 Å². The Bertz CT molecular complexity index is 986. The summed E-state index contributed by atoms with van der Waals surface area (Å²) < 4.78 is 0. The number of rotatable bonds is 5. The van der Waals surface area contributed by atoms with Crippen LogP contribution in [-0.2, 0) is 0 Å². The van der Waals surface area contributed by atoms with E-state index in [2.05, 4.69) is 36.4 Å². The molecule has 138 valence electrons. The van der Waals surface area contributed by atoms with Gasteiger partial charge in [-0.15, -0.1) is 0 Å². The van der Waals surface area contributed by atoms with Gasteiger partial charge in [-0.1, -0.05) is 0 Å². The summed E-state index contributed by atoms with van der Waals surface area (Å²) >= 11 is 0. The standard InChI is InChI=1S/C24H20NO2P/c26-25(27)20-11-10-18-24(19-20)28(21-12-4-1-5-13-21,22-14-6-2-7-15-22)23-16-8-3-9-17-23/h1-19,28H. The average Bonchev–Trinajstić information content (AvgIpc) is 2.77. The second kappa shape index (κ2) is 7.75. The molecule has 0 N–H and O–H groups in total. The predicted octanol–water partition coefficient (Wildman–Crippen LogP) is 3.95. The van der Waals surface area contributed by atoms with Gasteiger partial charge in [0.1, 0.15) is 0 Å². The Morgan fingerprint density at radius 2 is 0.929 bits per heavy atom. The minimum atomic E-state index is -2.68. The summed E-state index contributed by atoms with van der Waals surface area (Å²) in [5.74, 6) is 0. The van der Waals surface area contributed by atoms with E-state index in [-0.39, 0.29) is 10.6 Å². The zero-order chi connectivity index (χ0) is 19.4. The molecule has 3 nitrogen and oxygen atoms in total. The molecule has 0 radical (unpaired) electrons. The first-order valence-electron chi connectivity index (χ1n) is 9.14. The maximum atomic E-state index is 11.5. The third kappa shape index (κ3) is 3.11. The molecular formula is C24H20NO2P. The SMILES string of the molecule is O=[N+]([O-])c1cccc([PH](c2ccccc2)(c2ccccc2)c2ccccc2)c1. The van der Waals surface area contributed by atoms with E-state index >= 15 is 0 Å². The molecule has 0 heterocycles. The molecule has 0 aliphatic heterocycles. The van der Waals surface area contributed by atoms with Gasteiger partial charge in [0.05, 0.1) is 0 Å². The number of non-ortho nitro benzene ring substituents is 1. The van der Waals surface area contributed by atoms with E-state index in [1.165, 1.54) is 15.9 Å². The Labute approximate surface area is 164 Å². The quantitative estimate of drug-likeness (QED) is 0.297. The predicted molar refractivity (Wildman–Crippen MR) is 119 cm³/mol. The fourth-order valence-corrected chi connectivity index (χ4v) is 8.71. The molecule has 0 saturated heterocycles. The van der Waals surface area contributed by atoms with Gasteiger partial charge < -0.3 is 0 Å². The molecule has 28 heavy (non-hydrogen) atoms. The topological polar surface area (TPSA) is 43.1 Å². The van der Waals surface area contributed by atoms with Crippen LogP contribution in [0.5, 0.6) is 0 Å². The van der Waals surface area contributed by atoms with Crippen molar-refractivity contribution >= 4 is 34.2 Å². The van der Waals surface area contributed by atoms with Gasteiger partial charge in [-0.05, 0) is 0 Å². The first-order chi connectivity index (χ1) is 13.7. The Morgan fingerprint density at radius 1 is 0.536 bits per heavy atom. The number of nitro groups is 1. The first-order valence-corrected chi connectivity index (χ1v) is 11.1. The van der Waals surface area contributed by atoms with E-state index in [0.29, 0.717) is 0 Å². The third-order valence-corrected chi connectivity index (χ3v) is 9.89. The molecule has 0 bridgehead atoms. The van der Waals surface area contributed by atoms with E-state index in [9.17, 15) is 10.1 Å². The van der Waals surface area contributed by atoms with Crippen molar-refractivity contribution < 1.29 is 4.92 Å². The van der Waals surface area contributed by atoms with Crippen LogP contribution in [0, 0.1) is 10.1 Å². The van der Waals surface area contributed by atoms with Crippen LogP contribution < -0.4 is 21.2 Å². The van der Waals surface area contributed by atoms with Crippen LogP contribution >= 0.6 is 7.26 Å². The molecule has 0 amide bonds. The van der Waals surface area contributed by atoms with Crippen LogP contribution in [0.2, 0.25) is 0 Å². The van der Waals surface area contributed by atoms with Gasteiger partial charge in [-0.3, -0.25) is 0 Å². The van der Waals surface area contributed by atoms with Gasteiger partial charge in [-0.25, -0.2) is 0 Å². The summed E-state index contributed by atoms with van der Waals surface area (Å²) in [5, 5.41) is 16.1. The van der Waals surface area contributed by atoms with Crippen molar-refractivity contribution in [2.75, 3.05) is 0 Å². The molecule has 0 aromatic heterocycles. The molecular weight excluding hydrogens is 365 g/mol. The third-order valence-electron chi connectivity index (χ3n) is 5.11. The molecule has 0 aliphatic carbocycles. The average molecular weight is 385 g/mol. The maximum absolute atomic E-state index is 11.5.